The van der Waals surface area contributed by atoms with Crippen molar-refractivity contribution >= 4 is 17.1 Å². The fourth-order valence-corrected chi connectivity index (χ4v) is 3.03. The first-order valence-corrected chi connectivity index (χ1v) is 6.16. The number of Topliss-reactive ketones (excluding diaryl/α,β-unsaturated/α-hetero) is 1. The van der Waals surface area contributed by atoms with Crippen LogP contribution in [0.3, 0.4) is 0 Å². The van der Waals surface area contributed by atoms with Gasteiger partial charge in [0.1, 0.15) is 5.78 Å². The van der Waals surface area contributed by atoms with E-state index in [1.165, 1.54) is 11.3 Å². The van der Waals surface area contributed by atoms with E-state index in [0.29, 0.717) is 18.8 Å². The van der Waals surface area contributed by atoms with Gasteiger partial charge in [-0.05, 0) is 19.3 Å². The monoisotopic (exact) mass is 225 g/mol. The van der Waals surface area contributed by atoms with Crippen molar-refractivity contribution in [3.05, 3.63) is 20.7 Å². The number of aryl methyl sites for hydroxylation is 1. The van der Waals surface area contributed by atoms with Gasteiger partial charge < -0.3 is 0 Å². The molecule has 1 saturated carbocycles. The van der Waals surface area contributed by atoms with Crippen LogP contribution in [0.25, 0.3) is 0 Å². The van der Waals surface area contributed by atoms with Crippen molar-refractivity contribution in [3.63, 3.8) is 0 Å². The highest BCUT2D eigenvalue weighted by Crippen LogP contribution is 2.31. The van der Waals surface area contributed by atoms with Crippen molar-refractivity contribution in [1.82, 2.24) is 4.57 Å². The smallest absolute Gasteiger partial charge is 0.300 e. The fraction of sp³-hybridized carbons (Fsp3) is 0.636. The molecule has 4 heteroatoms. The number of nitrogens with zero attached hydrogens (tertiary/aromatic N) is 1. The molecule has 2 unspecified atom stereocenters. The van der Waals surface area contributed by atoms with E-state index in [0.717, 1.165) is 12.1 Å². The summed E-state index contributed by atoms with van der Waals surface area (Å²) < 4.78 is 1.80. The summed E-state index contributed by atoms with van der Waals surface area (Å²) in [4.78, 5) is 23.2. The third-order valence-electron chi connectivity index (χ3n) is 3.21. The molecule has 0 spiro atoms. The van der Waals surface area contributed by atoms with Gasteiger partial charge in [0.25, 0.3) is 0 Å². The van der Waals surface area contributed by atoms with E-state index in [2.05, 4.69) is 6.92 Å². The van der Waals surface area contributed by atoms with Crippen LogP contribution < -0.4 is 4.87 Å². The normalized spacial score (nSPS) is 26.9. The molecule has 2 rings (SSSR count). The number of rotatable bonds is 1. The summed E-state index contributed by atoms with van der Waals surface area (Å²) in [5, 5.41) is 1.87. The van der Waals surface area contributed by atoms with E-state index in [9.17, 15) is 9.59 Å². The SMILES string of the molecule is Cc1csc(=O)n1C1CC(=O)CCC1C. The zero-order valence-corrected chi connectivity index (χ0v) is 9.84. The van der Waals surface area contributed by atoms with Crippen LogP contribution in [0.5, 0.6) is 0 Å². The summed E-state index contributed by atoms with van der Waals surface area (Å²) in [5.74, 6) is 0.712. The number of ketones is 1. The van der Waals surface area contributed by atoms with E-state index < -0.39 is 0 Å². The molecule has 0 amide bonds. The molecule has 1 fully saturated rings. The number of hydrogen-bond acceptors (Lipinski definition) is 3. The number of carbonyl (C=O) groups excluding carboxylic acids is 1. The second-order valence-corrected chi connectivity index (χ2v) is 5.16. The fourth-order valence-electron chi connectivity index (χ4n) is 2.25. The Balaban J connectivity index is 2.37. The van der Waals surface area contributed by atoms with Gasteiger partial charge in [0.2, 0.25) is 0 Å². The van der Waals surface area contributed by atoms with Crippen LogP contribution in [0.1, 0.15) is 37.9 Å². The Kier molecular flexibility index (Phi) is 2.78. The third kappa shape index (κ3) is 1.91. The van der Waals surface area contributed by atoms with Gasteiger partial charge in [-0.25, -0.2) is 0 Å². The van der Waals surface area contributed by atoms with E-state index >= 15 is 0 Å². The van der Waals surface area contributed by atoms with Crippen LogP contribution in [0.15, 0.2) is 10.2 Å². The number of thiazole rings is 1. The first kappa shape index (κ1) is 10.6. The summed E-state index contributed by atoms with van der Waals surface area (Å²) in [6, 6.07) is 0.0880. The Morgan fingerprint density at radius 1 is 1.47 bits per heavy atom. The van der Waals surface area contributed by atoms with Crippen LogP contribution in [0, 0.1) is 12.8 Å². The van der Waals surface area contributed by atoms with Crippen LogP contribution in [0.2, 0.25) is 0 Å². The van der Waals surface area contributed by atoms with E-state index in [-0.39, 0.29) is 16.7 Å². The van der Waals surface area contributed by atoms with Crippen LogP contribution >= 0.6 is 11.3 Å². The lowest BCUT2D eigenvalue weighted by molar-refractivity contribution is -0.122. The molecule has 0 saturated heterocycles. The second kappa shape index (κ2) is 3.93. The van der Waals surface area contributed by atoms with Gasteiger partial charge >= 0.3 is 4.87 Å². The highest BCUT2D eigenvalue weighted by molar-refractivity contribution is 7.07. The van der Waals surface area contributed by atoms with Crippen molar-refractivity contribution in [1.29, 1.82) is 0 Å². The molecule has 1 aliphatic rings. The first-order chi connectivity index (χ1) is 7.09. The molecule has 2 atom stereocenters. The third-order valence-corrected chi connectivity index (χ3v) is 4.07. The van der Waals surface area contributed by atoms with Crippen LogP contribution in [-0.4, -0.2) is 10.4 Å². The first-order valence-electron chi connectivity index (χ1n) is 5.28. The molecule has 1 aliphatic carbocycles. The van der Waals surface area contributed by atoms with E-state index in [4.69, 9.17) is 0 Å². The predicted octanol–water partition coefficient (Wildman–Crippen LogP) is 2.15. The Morgan fingerprint density at radius 2 is 2.20 bits per heavy atom. The molecule has 0 N–H and O–H groups in total. The zero-order chi connectivity index (χ0) is 11.0. The topological polar surface area (TPSA) is 39.1 Å². The zero-order valence-electron chi connectivity index (χ0n) is 9.03. The van der Waals surface area contributed by atoms with E-state index in [1.807, 2.05) is 12.3 Å². The van der Waals surface area contributed by atoms with E-state index in [1.54, 1.807) is 4.57 Å². The minimum Gasteiger partial charge on any atom is -0.300 e. The highest BCUT2D eigenvalue weighted by atomic mass is 32.1. The molecule has 0 radical (unpaired) electrons. The maximum atomic E-state index is 11.7. The number of carbonyl (C=O) groups is 1. The molecule has 3 nitrogen and oxygen atoms in total. The molecular formula is C11H15NO2S. The van der Waals surface area contributed by atoms with Crippen molar-refractivity contribution < 1.29 is 4.79 Å². The summed E-state index contributed by atoms with van der Waals surface area (Å²) >= 11 is 1.22. The molecule has 1 heterocycles. The lowest BCUT2D eigenvalue weighted by Gasteiger charge is -2.29. The number of hydrogen-bond donors (Lipinski definition) is 0. The van der Waals surface area contributed by atoms with Crippen molar-refractivity contribution in [2.24, 2.45) is 5.92 Å². The lowest BCUT2D eigenvalue weighted by atomic mass is 9.85. The quantitative estimate of drug-likeness (QED) is 0.734. The van der Waals surface area contributed by atoms with Gasteiger partial charge in [-0.2, -0.15) is 0 Å². The Bertz CT molecular complexity index is 432. The maximum absolute atomic E-state index is 11.7. The Morgan fingerprint density at radius 3 is 2.80 bits per heavy atom. The molecule has 0 aliphatic heterocycles. The Hall–Kier alpha value is -0.900. The van der Waals surface area contributed by atoms with Crippen molar-refractivity contribution in [2.45, 2.75) is 39.2 Å². The molecule has 0 bridgehead atoms. The average Bonchev–Trinajstić information content (AvgIpc) is 2.51. The van der Waals surface area contributed by atoms with Gasteiger partial charge in [-0.3, -0.25) is 14.2 Å². The summed E-state index contributed by atoms with van der Waals surface area (Å²) in [5.41, 5.74) is 0.983. The van der Waals surface area contributed by atoms with Gasteiger partial charge in [0.05, 0.1) is 0 Å². The highest BCUT2D eigenvalue weighted by Gasteiger charge is 2.29. The van der Waals surface area contributed by atoms with Crippen molar-refractivity contribution in [3.8, 4) is 0 Å². The molecule has 0 aromatic carbocycles. The van der Waals surface area contributed by atoms with Gasteiger partial charge in [-0.1, -0.05) is 18.3 Å². The van der Waals surface area contributed by atoms with Gasteiger partial charge in [0.15, 0.2) is 0 Å². The minimum absolute atomic E-state index is 0.0686. The molecule has 82 valence electrons. The van der Waals surface area contributed by atoms with Crippen LogP contribution in [0.4, 0.5) is 0 Å². The minimum atomic E-state index is 0.0686. The summed E-state index contributed by atoms with van der Waals surface area (Å²) in [6.45, 7) is 4.06. The number of aromatic nitrogens is 1. The second-order valence-electron chi connectivity index (χ2n) is 4.34. The molecule has 1 aromatic rings. The maximum Gasteiger partial charge on any atom is 0.307 e. The lowest BCUT2D eigenvalue weighted by Crippen LogP contribution is -2.31. The molecule has 1 aromatic heterocycles. The molecular weight excluding hydrogens is 210 g/mol. The van der Waals surface area contributed by atoms with Gasteiger partial charge in [0, 0.05) is 30.0 Å². The molecule has 15 heavy (non-hydrogen) atoms. The Labute approximate surface area is 92.7 Å². The standard InChI is InChI=1S/C11H15NO2S/c1-7-3-4-9(13)5-10(7)12-8(2)6-15-11(12)14/h6-7,10H,3-5H2,1-2H3. The van der Waals surface area contributed by atoms with Crippen molar-refractivity contribution in [2.75, 3.05) is 0 Å². The van der Waals surface area contributed by atoms with Crippen LogP contribution in [-0.2, 0) is 4.79 Å². The summed E-state index contributed by atoms with van der Waals surface area (Å²) in [6.07, 6.45) is 2.11. The summed E-state index contributed by atoms with van der Waals surface area (Å²) in [7, 11) is 0. The van der Waals surface area contributed by atoms with Gasteiger partial charge in [-0.15, -0.1) is 0 Å². The largest absolute Gasteiger partial charge is 0.307 e. The predicted molar refractivity (Wildman–Crippen MR) is 60.4 cm³/mol. The average molecular weight is 225 g/mol.